The van der Waals surface area contributed by atoms with E-state index in [9.17, 15) is 14.4 Å². The molecule has 0 aromatic heterocycles. The average molecular weight is 451 g/mol. The van der Waals surface area contributed by atoms with Crippen molar-refractivity contribution in [2.45, 2.75) is 25.9 Å². The standard InChI is InChI=1S/C23H22N4O4S/c1-2-31-20(29)14-32-23-26-17-11-7-6-10-16(17)21-25-18(22(30)27(21)23)12-19(28)24-13-15-8-4-3-5-9-15/h3-11,18H,2,12-14H2,1H3,(H,24,28)/t18-/m0/s1. The monoisotopic (exact) mass is 450 g/mol. The Kier molecular flexibility index (Phi) is 6.65. The van der Waals surface area contributed by atoms with Crippen molar-refractivity contribution >= 4 is 46.2 Å². The Morgan fingerprint density at radius 1 is 1.12 bits per heavy atom. The van der Waals surface area contributed by atoms with Crippen LogP contribution in [0.15, 0.2) is 64.6 Å². The van der Waals surface area contributed by atoms with E-state index in [1.807, 2.05) is 54.6 Å². The number of hydrogen-bond donors (Lipinski definition) is 1. The van der Waals surface area contributed by atoms with Crippen molar-refractivity contribution in [3.05, 3.63) is 65.7 Å². The number of thioether (sulfide) groups is 1. The fraction of sp³-hybridized carbons (Fsp3) is 0.261. The minimum atomic E-state index is -0.847. The molecule has 2 heterocycles. The lowest BCUT2D eigenvalue weighted by Gasteiger charge is -2.25. The van der Waals surface area contributed by atoms with Gasteiger partial charge in [-0.25, -0.2) is 9.89 Å². The maximum Gasteiger partial charge on any atom is 0.316 e. The number of nitrogens with one attached hydrogen (secondary N) is 1. The highest BCUT2D eigenvalue weighted by Crippen LogP contribution is 2.34. The first-order chi connectivity index (χ1) is 15.6. The number of aliphatic imine (C=N–C) groups is 2. The van der Waals surface area contributed by atoms with Crippen molar-refractivity contribution in [3.8, 4) is 0 Å². The molecule has 8 nitrogen and oxygen atoms in total. The summed E-state index contributed by atoms with van der Waals surface area (Å²) >= 11 is 1.12. The molecule has 1 N–H and O–H groups in total. The number of benzene rings is 2. The van der Waals surface area contributed by atoms with Crippen molar-refractivity contribution < 1.29 is 19.1 Å². The number of carbonyl (C=O) groups excluding carboxylic acids is 3. The minimum Gasteiger partial charge on any atom is -0.465 e. The van der Waals surface area contributed by atoms with Gasteiger partial charge in [0.2, 0.25) is 5.91 Å². The summed E-state index contributed by atoms with van der Waals surface area (Å²) in [7, 11) is 0. The lowest BCUT2D eigenvalue weighted by Crippen LogP contribution is -2.42. The average Bonchev–Trinajstić information content (AvgIpc) is 3.13. The Balaban J connectivity index is 1.50. The number of fused-ring (bicyclic) bond motifs is 3. The van der Waals surface area contributed by atoms with E-state index in [2.05, 4.69) is 15.3 Å². The van der Waals surface area contributed by atoms with Crippen LogP contribution in [0.3, 0.4) is 0 Å². The van der Waals surface area contributed by atoms with Crippen LogP contribution < -0.4 is 5.32 Å². The molecular weight excluding hydrogens is 428 g/mol. The molecule has 0 unspecified atom stereocenters. The summed E-state index contributed by atoms with van der Waals surface area (Å²) in [5.41, 5.74) is 2.35. The zero-order chi connectivity index (χ0) is 22.5. The molecule has 0 saturated carbocycles. The topological polar surface area (TPSA) is 100 Å². The Hall–Kier alpha value is -3.46. The number of esters is 1. The second-order valence-corrected chi connectivity index (χ2v) is 8.06. The Bertz CT molecular complexity index is 1100. The number of rotatable bonds is 7. The highest BCUT2D eigenvalue weighted by molar-refractivity contribution is 8.14. The van der Waals surface area contributed by atoms with Gasteiger partial charge in [-0.3, -0.25) is 19.4 Å². The maximum atomic E-state index is 13.2. The fourth-order valence-electron chi connectivity index (χ4n) is 3.40. The summed E-state index contributed by atoms with van der Waals surface area (Å²) in [6.07, 6.45) is -0.0658. The molecule has 2 amide bonds. The van der Waals surface area contributed by atoms with Gasteiger partial charge in [0.05, 0.1) is 24.5 Å². The van der Waals surface area contributed by atoms with E-state index in [4.69, 9.17) is 4.74 Å². The van der Waals surface area contributed by atoms with Crippen LogP contribution in [-0.4, -0.2) is 52.1 Å². The van der Waals surface area contributed by atoms with Gasteiger partial charge in [-0.1, -0.05) is 54.2 Å². The highest BCUT2D eigenvalue weighted by Gasteiger charge is 2.42. The first kappa shape index (κ1) is 21.8. The molecule has 0 fully saturated rings. The molecule has 2 aliphatic rings. The van der Waals surface area contributed by atoms with Crippen LogP contribution in [0.4, 0.5) is 5.69 Å². The lowest BCUT2D eigenvalue weighted by molar-refractivity contribution is -0.139. The summed E-state index contributed by atoms with van der Waals surface area (Å²) in [5.74, 6) is -0.510. The highest BCUT2D eigenvalue weighted by atomic mass is 32.2. The van der Waals surface area contributed by atoms with E-state index >= 15 is 0 Å². The molecule has 0 bridgehead atoms. The predicted octanol–water partition coefficient (Wildman–Crippen LogP) is 2.65. The third-order valence-electron chi connectivity index (χ3n) is 4.88. The van der Waals surface area contributed by atoms with Gasteiger partial charge < -0.3 is 10.1 Å². The second kappa shape index (κ2) is 9.78. The zero-order valence-electron chi connectivity index (χ0n) is 17.5. The Labute approximate surface area is 189 Å². The number of carbonyl (C=O) groups is 3. The molecule has 4 rings (SSSR count). The van der Waals surface area contributed by atoms with Crippen LogP contribution in [0.1, 0.15) is 24.5 Å². The van der Waals surface area contributed by atoms with Crippen molar-refractivity contribution in [1.82, 2.24) is 10.2 Å². The van der Waals surface area contributed by atoms with Gasteiger partial charge in [0, 0.05) is 12.1 Å². The second-order valence-electron chi connectivity index (χ2n) is 7.11. The van der Waals surface area contributed by atoms with E-state index in [0.29, 0.717) is 28.8 Å². The van der Waals surface area contributed by atoms with Gasteiger partial charge in [-0.15, -0.1) is 0 Å². The number of amides is 2. The molecule has 1 atom stereocenters. The Morgan fingerprint density at radius 3 is 2.66 bits per heavy atom. The van der Waals surface area contributed by atoms with E-state index in [0.717, 1.165) is 17.3 Å². The summed E-state index contributed by atoms with van der Waals surface area (Å²) in [5, 5.41) is 3.19. The quantitative estimate of drug-likeness (QED) is 0.654. The Morgan fingerprint density at radius 2 is 1.88 bits per heavy atom. The largest absolute Gasteiger partial charge is 0.465 e. The molecule has 164 valence electrons. The minimum absolute atomic E-state index is 0.0220. The third kappa shape index (κ3) is 4.72. The lowest BCUT2D eigenvalue weighted by atomic mass is 10.1. The van der Waals surface area contributed by atoms with Crippen molar-refractivity contribution in [2.24, 2.45) is 9.98 Å². The summed E-state index contributed by atoms with van der Waals surface area (Å²) in [4.78, 5) is 48.0. The van der Waals surface area contributed by atoms with E-state index in [1.165, 1.54) is 4.90 Å². The molecule has 2 aromatic carbocycles. The molecule has 2 aromatic rings. The first-order valence-corrected chi connectivity index (χ1v) is 11.2. The van der Waals surface area contributed by atoms with Crippen LogP contribution in [0.2, 0.25) is 0 Å². The van der Waals surface area contributed by atoms with Gasteiger partial charge in [0.15, 0.2) is 5.17 Å². The molecule has 0 spiro atoms. The van der Waals surface area contributed by atoms with Gasteiger partial charge in [0.25, 0.3) is 5.91 Å². The van der Waals surface area contributed by atoms with Crippen LogP contribution >= 0.6 is 11.8 Å². The molecule has 0 saturated heterocycles. The molecule has 32 heavy (non-hydrogen) atoms. The van der Waals surface area contributed by atoms with Crippen LogP contribution in [0, 0.1) is 0 Å². The van der Waals surface area contributed by atoms with Crippen LogP contribution in [0.5, 0.6) is 0 Å². The summed E-state index contributed by atoms with van der Waals surface area (Å²) in [6, 6.07) is 16.0. The summed E-state index contributed by atoms with van der Waals surface area (Å²) < 4.78 is 4.98. The van der Waals surface area contributed by atoms with Gasteiger partial charge in [-0.05, 0) is 24.6 Å². The molecule has 0 radical (unpaired) electrons. The smallest absolute Gasteiger partial charge is 0.316 e. The van der Waals surface area contributed by atoms with E-state index < -0.39 is 6.04 Å². The normalized spacial score (nSPS) is 16.6. The number of ether oxygens (including phenoxy) is 1. The van der Waals surface area contributed by atoms with Crippen molar-refractivity contribution in [1.29, 1.82) is 0 Å². The van der Waals surface area contributed by atoms with Crippen molar-refractivity contribution in [2.75, 3.05) is 12.4 Å². The van der Waals surface area contributed by atoms with Crippen molar-refractivity contribution in [3.63, 3.8) is 0 Å². The van der Waals surface area contributed by atoms with E-state index in [-0.39, 0.29) is 36.6 Å². The van der Waals surface area contributed by atoms with Gasteiger partial charge >= 0.3 is 5.97 Å². The summed E-state index contributed by atoms with van der Waals surface area (Å²) in [6.45, 7) is 2.40. The number of nitrogens with zero attached hydrogens (tertiary/aromatic N) is 3. The number of para-hydroxylation sites is 1. The number of amidine groups is 2. The fourth-order valence-corrected chi connectivity index (χ4v) is 4.20. The third-order valence-corrected chi connectivity index (χ3v) is 5.80. The predicted molar refractivity (Wildman–Crippen MR) is 123 cm³/mol. The molecular formula is C23H22N4O4S. The maximum absolute atomic E-state index is 13.2. The van der Waals surface area contributed by atoms with Crippen LogP contribution in [-0.2, 0) is 25.7 Å². The van der Waals surface area contributed by atoms with E-state index in [1.54, 1.807) is 6.92 Å². The van der Waals surface area contributed by atoms with Gasteiger partial charge in [-0.2, -0.15) is 0 Å². The number of hydrogen-bond acceptors (Lipinski definition) is 7. The van der Waals surface area contributed by atoms with Crippen LogP contribution in [0.25, 0.3) is 0 Å². The molecule has 0 aliphatic carbocycles. The first-order valence-electron chi connectivity index (χ1n) is 10.3. The molecule has 2 aliphatic heterocycles. The SMILES string of the molecule is CCOC(=O)CSC1=Nc2ccccc2C2=N[C@@H](CC(=O)NCc3ccccc3)C(=O)N12. The zero-order valence-corrected chi connectivity index (χ0v) is 18.3. The molecule has 9 heteroatoms. The van der Waals surface area contributed by atoms with Gasteiger partial charge in [0.1, 0.15) is 11.9 Å².